The molecule has 0 unspecified atom stereocenters. The molecular weight excluding hydrogens is 220 g/mol. The summed E-state index contributed by atoms with van der Waals surface area (Å²) < 4.78 is 5.76. The van der Waals surface area contributed by atoms with Gasteiger partial charge in [-0.15, -0.1) is 0 Å². The van der Waals surface area contributed by atoms with Gasteiger partial charge in [0.1, 0.15) is 5.82 Å². The SMILES string of the molecule is OC[C@@H]1CCCN1c1nsc2ccccc12. The van der Waals surface area contributed by atoms with E-state index in [1.54, 1.807) is 11.5 Å². The summed E-state index contributed by atoms with van der Waals surface area (Å²) in [5, 5.41) is 10.6. The molecular formula is C12H14N2OS. The lowest BCUT2D eigenvalue weighted by Crippen LogP contribution is -2.32. The molecule has 84 valence electrons. The van der Waals surface area contributed by atoms with Gasteiger partial charge in [-0.1, -0.05) is 12.1 Å². The topological polar surface area (TPSA) is 36.4 Å². The van der Waals surface area contributed by atoms with Gasteiger partial charge in [0.05, 0.1) is 17.3 Å². The van der Waals surface area contributed by atoms with Gasteiger partial charge in [-0.2, -0.15) is 4.37 Å². The Morgan fingerprint density at radius 2 is 2.31 bits per heavy atom. The fourth-order valence-corrected chi connectivity index (χ4v) is 3.17. The van der Waals surface area contributed by atoms with Gasteiger partial charge in [-0.05, 0) is 36.5 Å². The van der Waals surface area contributed by atoms with Gasteiger partial charge in [-0.25, -0.2) is 0 Å². The van der Waals surface area contributed by atoms with Crippen molar-refractivity contribution in [2.24, 2.45) is 0 Å². The van der Waals surface area contributed by atoms with E-state index in [2.05, 4.69) is 21.4 Å². The predicted octanol–water partition coefficient (Wildman–Crippen LogP) is 2.26. The van der Waals surface area contributed by atoms with E-state index in [4.69, 9.17) is 0 Å². The second-order valence-electron chi connectivity index (χ2n) is 4.17. The van der Waals surface area contributed by atoms with E-state index in [1.165, 1.54) is 10.1 Å². The Hall–Kier alpha value is -1.13. The van der Waals surface area contributed by atoms with Crippen LogP contribution in [0.15, 0.2) is 24.3 Å². The zero-order chi connectivity index (χ0) is 11.0. The van der Waals surface area contributed by atoms with Crippen LogP contribution in [-0.4, -0.2) is 28.7 Å². The normalized spacial score (nSPS) is 20.8. The monoisotopic (exact) mass is 234 g/mol. The summed E-state index contributed by atoms with van der Waals surface area (Å²) in [4.78, 5) is 2.25. The molecule has 0 amide bonds. The average molecular weight is 234 g/mol. The fraction of sp³-hybridized carbons (Fsp3) is 0.417. The molecule has 1 fully saturated rings. The van der Waals surface area contributed by atoms with Gasteiger partial charge in [0.2, 0.25) is 0 Å². The van der Waals surface area contributed by atoms with Crippen LogP contribution in [0.5, 0.6) is 0 Å². The van der Waals surface area contributed by atoms with Gasteiger partial charge < -0.3 is 10.0 Å². The molecule has 1 aromatic heterocycles. The lowest BCUT2D eigenvalue weighted by molar-refractivity contribution is 0.266. The van der Waals surface area contributed by atoms with Gasteiger partial charge in [-0.3, -0.25) is 0 Å². The van der Waals surface area contributed by atoms with Gasteiger partial charge in [0.15, 0.2) is 0 Å². The number of hydrogen-bond donors (Lipinski definition) is 1. The maximum atomic E-state index is 9.34. The molecule has 0 aliphatic carbocycles. The molecule has 1 atom stereocenters. The second kappa shape index (κ2) is 4.03. The molecule has 2 heterocycles. The zero-order valence-corrected chi connectivity index (χ0v) is 9.78. The molecule has 0 bridgehead atoms. The molecule has 0 radical (unpaired) electrons. The maximum absolute atomic E-state index is 9.34. The second-order valence-corrected chi connectivity index (χ2v) is 4.98. The molecule has 16 heavy (non-hydrogen) atoms. The number of benzene rings is 1. The van der Waals surface area contributed by atoms with Crippen molar-refractivity contribution in [3.05, 3.63) is 24.3 Å². The van der Waals surface area contributed by atoms with Crippen molar-refractivity contribution in [3.63, 3.8) is 0 Å². The first-order valence-corrected chi connectivity index (χ1v) is 6.39. The first-order valence-electron chi connectivity index (χ1n) is 5.62. The standard InChI is InChI=1S/C12H14N2OS/c15-8-9-4-3-7-14(9)12-10-5-1-2-6-11(10)16-13-12/h1-2,5-6,9,15H,3-4,7-8H2/t9-/m0/s1. The zero-order valence-electron chi connectivity index (χ0n) is 8.97. The van der Waals surface area contributed by atoms with Crippen LogP contribution in [0, 0.1) is 0 Å². The predicted molar refractivity (Wildman–Crippen MR) is 67.1 cm³/mol. The van der Waals surface area contributed by atoms with E-state index in [0.717, 1.165) is 25.2 Å². The average Bonchev–Trinajstić information content (AvgIpc) is 2.94. The van der Waals surface area contributed by atoms with Crippen LogP contribution in [-0.2, 0) is 0 Å². The summed E-state index contributed by atoms with van der Waals surface area (Å²) in [7, 11) is 0. The van der Waals surface area contributed by atoms with Gasteiger partial charge >= 0.3 is 0 Å². The molecule has 1 saturated heterocycles. The quantitative estimate of drug-likeness (QED) is 0.866. The number of rotatable bonds is 2. The summed E-state index contributed by atoms with van der Waals surface area (Å²) >= 11 is 1.54. The summed E-state index contributed by atoms with van der Waals surface area (Å²) in [5.41, 5.74) is 0. The van der Waals surface area contributed by atoms with E-state index in [9.17, 15) is 5.11 Å². The third-order valence-electron chi connectivity index (χ3n) is 3.22. The number of nitrogens with zero attached hydrogens (tertiary/aromatic N) is 2. The highest BCUT2D eigenvalue weighted by Crippen LogP contribution is 2.33. The summed E-state index contributed by atoms with van der Waals surface area (Å²) in [6.45, 7) is 1.24. The van der Waals surface area contributed by atoms with Crippen LogP contribution >= 0.6 is 11.5 Å². The van der Waals surface area contributed by atoms with Crippen LogP contribution in [0.3, 0.4) is 0 Å². The highest BCUT2D eigenvalue weighted by molar-refractivity contribution is 7.13. The Bertz CT molecular complexity index is 496. The lowest BCUT2D eigenvalue weighted by Gasteiger charge is -2.22. The van der Waals surface area contributed by atoms with Crippen molar-refractivity contribution in [3.8, 4) is 0 Å². The van der Waals surface area contributed by atoms with Gasteiger partial charge in [0.25, 0.3) is 0 Å². The molecule has 4 heteroatoms. The van der Waals surface area contributed by atoms with Crippen LogP contribution < -0.4 is 4.90 Å². The molecule has 3 rings (SSSR count). The van der Waals surface area contributed by atoms with E-state index in [-0.39, 0.29) is 12.6 Å². The minimum Gasteiger partial charge on any atom is -0.394 e. The van der Waals surface area contributed by atoms with Crippen molar-refractivity contribution < 1.29 is 5.11 Å². The Morgan fingerprint density at radius 3 is 3.19 bits per heavy atom. The Morgan fingerprint density at radius 1 is 1.44 bits per heavy atom. The molecule has 1 aliphatic heterocycles. The molecule has 1 aliphatic rings. The third kappa shape index (κ3) is 1.49. The van der Waals surface area contributed by atoms with E-state index in [1.807, 2.05) is 12.1 Å². The van der Waals surface area contributed by atoms with E-state index < -0.39 is 0 Å². The molecule has 1 N–H and O–H groups in total. The Balaban J connectivity index is 2.05. The lowest BCUT2D eigenvalue weighted by atomic mass is 10.2. The summed E-state index contributed by atoms with van der Waals surface area (Å²) in [5.74, 6) is 1.05. The van der Waals surface area contributed by atoms with Crippen molar-refractivity contribution in [1.82, 2.24) is 4.37 Å². The van der Waals surface area contributed by atoms with E-state index >= 15 is 0 Å². The van der Waals surface area contributed by atoms with E-state index in [0.29, 0.717) is 0 Å². The van der Waals surface area contributed by atoms with Crippen molar-refractivity contribution in [2.75, 3.05) is 18.1 Å². The number of anilines is 1. The van der Waals surface area contributed by atoms with Crippen LogP contribution in [0.2, 0.25) is 0 Å². The molecule has 1 aromatic carbocycles. The van der Waals surface area contributed by atoms with Crippen LogP contribution in [0.1, 0.15) is 12.8 Å². The van der Waals surface area contributed by atoms with Crippen LogP contribution in [0.4, 0.5) is 5.82 Å². The first kappa shape index (κ1) is 10.1. The molecule has 3 nitrogen and oxygen atoms in total. The van der Waals surface area contributed by atoms with Crippen molar-refractivity contribution >= 4 is 27.4 Å². The first-order chi connectivity index (χ1) is 7.90. The Kier molecular flexibility index (Phi) is 2.53. The van der Waals surface area contributed by atoms with Crippen LogP contribution in [0.25, 0.3) is 10.1 Å². The third-order valence-corrected chi connectivity index (χ3v) is 4.04. The molecule has 0 spiro atoms. The maximum Gasteiger partial charge on any atom is 0.150 e. The highest BCUT2D eigenvalue weighted by Gasteiger charge is 2.26. The molecule has 2 aromatic rings. The van der Waals surface area contributed by atoms with Crippen molar-refractivity contribution in [1.29, 1.82) is 0 Å². The van der Waals surface area contributed by atoms with Crippen molar-refractivity contribution in [2.45, 2.75) is 18.9 Å². The number of hydrogen-bond acceptors (Lipinski definition) is 4. The largest absolute Gasteiger partial charge is 0.394 e. The smallest absolute Gasteiger partial charge is 0.150 e. The summed E-state index contributed by atoms with van der Waals surface area (Å²) in [6, 6.07) is 8.55. The number of aromatic nitrogens is 1. The molecule has 0 saturated carbocycles. The summed E-state index contributed by atoms with van der Waals surface area (Å²) in [6.07, 6.45) is 2.22. The van der Waals surface area contributed by atoms with Gasteiger partial charge in [0, 0.05) is 11.9 Å². The highest BCUT2D eigenvalue weighted by atomic mass is 32.1. The number of aliphatic hydroxyl groups is 1. The fourth-order valence-electron chi connectivity index (χ4n) is 2.38. The minimum absolute atomic E-state index is 0.228. The minimum atomic E-state index is 0.228. The number of aliphatic hydroxyl groups excluding tert-OH is 1. The number of fused-ring (bicyclic) bond motifs is 1. The Labute approximate surface area is 98.5 Å².